The average molecular weight is 479 g/mol. The number of ether oxygens (including phenoxy) is 1. The minimum Gasteiger partial charge on any atom is -0.483 e. The summed E-state index contributed by atoms with van der Waals surface area (Å²) in [4.78, 5) is 12.3. The van der Waals surface area contributed by atoms with Crippen molar-refractivity contribution in [3.63, 3.8) is 0 Å². The van der Waals surface area contributed by atoms with Crippen LogP contribution < -0.4 is 10.1 Å². The van der Waals surface area contributed by atoms with E-state index in [1.54, 1.807) is 0 Å². The molecule has 176 valence electrons. The normalized spacial score (nSPS) is 12.5. The molecule has 33 heavy (non-hydrogen) atoms. The number of carbonyl (C=O) groups is 1. The van der Waals surface area contributed by atoms with Gasteiger partial charge in [0.25, 0.3) is 0 Å². The molecule has 1 N–H and O–H groups in total. The van der Waals surface area contributed by atoms with Gasteiger partial charge in [0.2, 0.25) is 5.91 Å². The van der Waals surface area contributed by atoms with Crippen molar-refractivity contribution in [2.75, 3.05) is 11.1 Å². The van der Waals surface area contributed by atoms with E-state index in [0.717, 1.165) is 35.2 Å². The number of anilines is 1. The fourth-order valence-electron chi connectivity index (χ4n) is 3.15. The van der Waals surface area contributed by atoms with Crippen LogP contribution in [-0.4, -0.2) is 26.4 Å². The van der Waals surface area contributed by atoms with E-state index in [-0.39, 0.29) is 17.5 Å². The summed E-state index contributed by atoms with van der Waals surface area (Å²) in [7, 11) is 0. The van der Waals surface area contributed by atoms with E-state index in [9.17, 15) is 18.0 Å². The third-order valence-corrected chi connectivity index (χ3v) is 5.99. The van der Waals surface area contributed by atoms with E-state index in [1.807, 2.05) is 50.5 Å². The summed E-state index contributed by atoms with van der Waals surface area (Å²) in [5.41, 5.74) is 1.57. The van der Waals surface area contributed by atoms with E-state index < -0.39 is 17.6 Å². The third-order valence-electron chi connectivity index (χ3n) is 5.02. The van der Waals surface area contributed by atoms with Crippen molar-refractivity contribution in [3.05, 3.63) is 65.0 Å². The van der Waals surface area contributed by atoms with Gasteiger partial charge in [0.05, 0.1) is 11.3 Å². The van der Waals surface area contributed by atoms with Crippen LogP contribution in [0.2, 0.25) is 0 Å². The molecule has 1 unspecified atom stereocenters. The van der Waals surface area contributed by atoms with Crippen molar-refractivity contribution < 1.29 is 22.7 Å². The molecule has 10 heteroatoms. The topological polar surface area (TPSA) is 69.0 Å². The summed E-state index contributed by atoms with van der Waals surface area (Å²) in [5, 5.41) is 11.4. The molecule has 0 fully saturated rings. The van der Waals surface area contributed by atoms with Crippen molar-refractivity contribution in [1.82, 2.24) is 14.8 Å². The van der Waals surface area contributed by atoms with Crippen LogP contribution in [0.5, 0.6) is 5.75 Å². The molecule has 1 atom stereocenters. The summed E-state index contributed by atoms with van der Waals surface area (Å²) in [6, 6.07) is 10.4. The summed E-state index contributed by atoms with van der Waals surface area (Å²) in [5.74, 6) is 0.884. The molecule has 0 spiro atoms. The molecule has 0 aliphatic heterocycles. The number of alkyl halides is 3. The maximum Gasteiger partial charge on any atom is 0.416 e. The van der Waals surface area contributed by atoms with Gasteiger partial charge in [-0.05, 0) is 69.2 Å². The number of thioether (sulfide) groups is 1. The average Bonchev–Trinajstić information content (AvgIpc) is 3.17. The Morgan fingerprint density at radius 3 is 2.58 bits per heavy atom. The molecular formula is C23H25F3N4O2S. The summed E-state index contributed by atoms with van der Waals surface area (Å²) < 4.78 is 46.5. The first-order valence-corrected chi connectivity index (χ1v) is 11.3. The number of benzene rings is 2. The van der Waals surface area contributed by atoms with Gasteiger partial charge in [0.15, 0.2) is 17.1 Å². The lowest BCUT2D eigenvalue weighted by molar-refractivity contribution is -0.137. The molecule has 3 rings (SSSR count). The largest absolute Gasteiger partial charge is 0.483 e. The second-order valence-corrected chi connectivity index (χ2v) is 8.45. The van der Waals surface area contributed by atoms with Gasteiger partial charge in [-0.3, -0.25) is 4.79 Å². The molecule has 2 aromatic carbocycles. The Morgan fingerprint density at radius 1 is 1.15 bits per heavy atom. The Hall–Kier alpha value is -3.01. The van der Waals surface area contributed by atoms with E-state index >= 15 is 0 Å². The van der Waals surface area contributed by atoms with Gasteiger partial charge in [0.1, 0.15) is 5.75 Å². The van der Waals surface area contributed by atoms with Crippen molar-refractivity contribution in [2.45, 2.75) is 51.7 Å². The Morgan fingerprint density at radius 2 is 1.91 bits per heavy atom. The first-order valence-electron chi connectivity index (χ1n) is 10.4. The van der Waals surface area contributed by atoms with Crippen molar-refractivity contribution in [2.24, 2.45) is 0 Å². The van der Waals surface area contributed by atoms with Crippen LogP contribution in [0.3, 0.4) is 0 Å². The van der Waals surface area contributed by atoms with Gasteiger partial charge < -0.3 is 14.6 Å². The number of nitrogens with one attached hydrogen (secondary N) is 1. The number of hydrogen-bond donors (Lipinski definition) is 1. The van der Waals surface area contributed by atoms with E-state index in [0.29, 0.717) is 17.5 Å². The highest BCUT2D eigenvalue weighted by atomic mass is 32.2. The number of amides is 1. The van der Waals surface area contributed by atoms with E-state index in [2.05, 4.69) is 15.5 Å². The molecule has 0 saturated heterocycles. The zero-order valence-electron chi connectivity index (χ0n) is 18.7. The van der Waals surface area contributed by atoms with Crippen LogP contribution in [0.25, 0.3) is 0 Å². The van der Waals surface area contributed by atoms with Gasteiger partial charge in [-0.1, -0.05) is 23.9 Å². The summed E-state index contributed by atoms with van der Waals surface area (Å²) in [6.07, 6.45) is -4.84. The zero-order chi connectivity index (χ0) is 24.2. The lowest BCUT2D eigenvalue weighted by Gasteiger charge is -2.16. The molecule has 1 amide bonds. The second kappa shape index (κ2) is 10.3. The highest BCUT2D eigenvalue weighted by molar-refractivity contribution is 7.99. The van der Waals surface area contributed by atoms with E-state index in [1.165, 1.54) is 17.7 Å². The fraction of sp³-hybridized carbons (Fsp3) is 0.348. The molecular weight excluding hydrogens is 453 g/mol. The molecule has 1 aromatic heterocycles. The summed E-state index contributed by atoms with van der Waals surface area (Å²) >= 11 is 1.16. The minimum absolute atomic E-state index is 0.0270. The molecule has 0 saturated carbocycles. The number of halogens is 3. The number of rotatable bonds is 8. The van der Waals surface area contributed by atoms with Gasteiger partial charge in [-0.2, -0.15) is 13.2 Å². The lowest BCUT2D eigenvalue weighted by atomic mass is 10.1. The number of carbonyl (C=O) groups excluding carboxylic acids is 1. The fourth-order valence-corrected chi connectivity index (χ4v) is 3.96. The highest BCUT2D eigenvalue weighted by Crippen LogP contribution is 2.31. The van der Waals surface area contributed by atoms with Gasteiger partial charge in [-0.25, -0.2) is 0 Å². The van der Waals surface area contributed by atoms with Gasteiger partial charge >= 0.3 is 6.18 Å². The smallest absolute Gasteiger partial charge is 0.416 e. The van der Waals surface area contributed by atoms with Gasteiger partial charge in [0, 0.05) is 12.2 Å². The number of nitrogens with zero attached hydrogens (tertiary/aromatic N) is 3. The molecule has 0 radical (unpaired) electrons. The Bertz CT molecular complexity index is 1130. The summed E-state index contributed by atoms with van der Waals surface area (Å²) in [6.45, 7) is 8.42. The molecule has 0 aliphatic rings. The predicted molar refractivity (Wildman–Crippen MR) is 121 cm³/mol. The van der Waals surface area contributed by atoms with Crippen molar-refractivity contribution in [3.8, 4) is 5.75 Å². The predicted octanol–water partition coefficient (Wildman–Crippen LogP) is 5.80. The van der Waals surface area contributed by atoms with Crippen LogP contribution in [0.1, 0.15) is 42.5 Å². The maximum atomic E-state index is 12.9. The number of aromatic nitrogens is 3. The van der Waals surface area contributed by atoms with E-state index in [4.69, 9.17) is 4.74 Å². The molecule has 0 aliphatic carbocycles. The first-order chi connectivity index (χ1) is 15.6. The molecule has 3 aromatic rings. The first kappa shape index (κ1) is 24.6. The van der Waals surface area contributed by atoms with Crippen LogP contribution in [0.15, 0.2) is 47.6 Å². The molecule has 0 bridgehead atoms. The van der Waals surface area contributed by atoms with Crippen molar-refractivity contribution >= 4 is 23.4 Å². The number of aryl methyl sites for hydroxylation is 2. The minimum atomic E-state index is -4.47. The Kier molecular flexibility index (Phi) is 7.68. The molecule has 1 heterocycles. The van der Waals surface area contributed by atoms with Gasteiger partial charge in [-0.15, -0.1) is 10.2 Å². The van der Waals surface area contributed by atoms with Crippen LogP contribution in [0, 0.1) is 13.8 Å². The highest BCUT2D eigenvalue weighted by Gasteiger charge is 2.30. The monoisotopic (exact) mass is 478 g/mol. The molecule has 6 nitrogen and oxygen atoms in total. The quantitative estimate of drug-likeness (QED) is 0.414. The Labute approximate surface area is 194 Å². The Balaban J connectivity index is 1.64. The van der Waals surface area contributed by atoms with Crippen LogP contribution >= 0.6 is 11.8 Å². The van der Waals surface area contributed by atoms with Crippen LogP contribution in [-0.2, 0) is 17.5 Å². The standard InChI is InChI=1S/C23H25F3N4O2S/c1-5-30-21(16(4)32-19-10-9-14(2)15(3)11-19)28-29-22(30)33-13-20(31)27-18-8-6-7-17(12-18)23(24,25)26/h6-12,16H,5,13H2,1-4H3,(H,27,31). The lowest BCUT2D eigenvalue weighted by Crippen LogP contribution is -2.16. The maximum absolute atomic E-state index is 12.9. The number of hydrogen-bond acceptors (Lipinski definition) is 5. The van der Waals surface area contributed by atoms with Crippen LogP contribution in [0.4, 0.5) is 18.9 Å². The third kappa shape index (κ3) is 6.28. The van der Waals surface area contributed by atoms with Crippen molar-refractivity contribution in [1.29, 1.82) is 0 Å². The zero-order valence-corrected chi connectivity index (χ0v) is 19.5. The SMILES string of the molecule is CCn1c(SCC(=O)Nc2cccc(C(F)(F)F)c2)nnc1C(C)Oc1ccc(C)c(C)c1. The second-order valence-electron chi connectivity index (χ2n) is 7.51.